The minimum absolute atomic E-state index is 0.250. The van der Waals surface area contributed by atoms with E-state index < -0.39 is 0 Å². The van der Waals surface area contributed by atoms with E-state index in [9.17, 15) is 0 Å². The van der Waals surface area contributed by atoms with Crippen molar-refractivity contribution in [3.05, 3.63) is 0 Å². The van der Waals surface area contributed by atoms with Gasteiger partial charge in [0.25, 0.3) is 0 Å². The average molecular weight is 175 g/mol. The van der Waals surface area contributed by atoms with E-state index >= 15 is 0 Å². The first-order chi connectivity index (χ1) is 5.54. The van der Waals surface area contributed by atoms with Crippen molar-refractivity contribution in [2.45, 2.75) is 34.6 Å². The summed E-state index contributed by atoms with van der Waals surface area (Å²) in [4.78, 5) is 0. The summed E-state index contributed by atoms with van der Waals surface area (Å²) in [5.74, 6) is 1.56. The van der Waals surface area contributed by atoms with Crippen LogP contribution >= 0.6 is 0 Å². The van der Waals surface area contributed by atoms with Gasteiger partial charge in [-0.2, -0.15) is 0 Å². The molecule has 76 valence electrons. The fraction of sp³-hybridized carbons (Fsp3) is 1.00. The Morgan fingerprint density at radius 1 is 1.00 bits per heavy atom. The molecule has 0 fully saturated rings. The molecular weight excluding hydrogens is 150 g/mol. The van der Waals surface area contributed by atoms with Crippen molar-refractivity contribution in [1.29, 1.82) is 0 Å². The van der Waals surface area contributed by atoms with Crippen LogP contribution in [-0.2, 0) is 0 Å². The molecule has 0 radical (unpaired) electrons. The molecule has 0 aliphatic carbocycles. The van der Waals surface area contributed by atoms with Crippen LogP contribution in [-0.4, -0.2) is 24.8 Å². The van der Waals surface area contributed by atoms with E-state index in [2.05, 4.69) is 33.0 Å². The van der Waals surface area contributed by atoms with Crippen molar-refractivity contribution in [1.82, 2.24) is 5.32 Å². The number of hydrogen-bond donors (Lipinski definition) is 2. The Morgan fingerprint density at radius 2 is 1.25 bits per heavy atom. The van der Waals surface area contributed by atoms with E-state index in [-0.39, 0.29) is 6.61 Å². The molecule has 2 nitrogen and oxygen atoms in total. The number of rotatable bonds is 4. The maximum absolute atomic E-state index is 7.57. The van der Waals surface area contributed by atoms with Crippen molar-refractivity contribution in [2.75, 3.05) is 19.7 Å². The Labute approximate surface area is 77.4 Å². The van der Waals surface area contributed by atoms with Crippen molar-refractivity contribution in [2.24, 2.45) is 11.8 Å². The largest absolute Gasteiger partial charge is 0.397 e. The van der Waals surface area contributed by atoms with Gasteiger partial charge in [-0.3, -0.25) is 0 Å². The van der Waals surface area contributed by atoms with Crippen molar-refractivity contribution in [3.8, 4) is 0 Å². The minimum Gasteiger partial charge on any atom is -0.397 e. The Bertz CT molecular complexity index is 64.2. The highest BCUT2D eigenvalue weighted by Crippen LogP contribution is 1.90. The van der Waals surface area contributed by atoms with Gasteiger partial charge in [0.1, 0.15) is 0 Å². The van der Waals surface area contributed by atoms with Crippen LogP contribution < -0.4 is 5.32 Å². The van der Waals surface area contributed by atoms with Gasteiger partial charge in [-0.05, 0) is 31.8 Å². The molecule has 0 aliphatic rings. The monoisotopic (exact) mass is 175 g/mol. The molecule has 0 aliphatic heterocycles. The lowest BCUT2D eigenvalue weighted by Crippen LogP contribution is -2.23. The smallest absolute Gasteiger partial charge is 0.0402 e. The summed E-state index contributed by atoms with van der Waals surface area (Å²) >= 11 is 0. The molecule has 0 atom stereocenters. The van der Waals surface area contributed by atoms with E-state index in [4.69, 9.17) is 5.11 Å². The maximum Gasteiger partial charge on any atom is 0.0402 e. The standard InChI is InChI=1S/C8H19N.C2H6O/c1-7(2)5-9-6-8(3)4;1-2-3/h7-9H,5-6H2,1-4H3;3H,2H2,1H3. The molecule has 0 amide bonds. The van der Waals surface area contributed by atoms with E-state index in [1.54, 1.807) is 6.92 Å². The van der Waals surface area contributed by atoms with E-state index in [0.29, 0.717) is 0 Å². The first-order valence-corrected chi connectivity index (χ1v) is 4.86. The third-order valence-corrected chi connectivity index (χ3v) is 1.11. The molecule has 0 aromatic carbocycles. The van der Waals surface area contributed by atoms with Gasteiger partial charge in [0.2, 0.25) is 0 Å². The van der Waals surface area contributed by atoms with Crippen LogP contribution in [0.15, 0.2) is 0 Å². The highest BCUT2D eigenvalue weighted by molar-refractivity contribution is 4.52. The van der Waals surface area contributed by atoms with Crippen molar-refractivity contribution in [3.63, 3.8) is 0 Å². The van der Waals surface area contributed by atoms with Crippen LogP contribution in [0.1, 0.15) is 34.6 Å². The molecular formula is C10H25NO. The van der Waals surface area contributed by atoms with Crippen molar-refractivity contribution >= 4 is 0 Å². The predicted molar refractivity (Wildman–Crippen MR) is 55.3 cm³/mol. The molecule has 0 aromatic heterocycles. The molecule has 0 aromatic rings. The molecule has 0 rings (SSSR count). The molecule has 0 heterocycles. The predicted octanol–water partition coefficient (Wildman–Crippen LogP) is 1.89. The van der Waals surface area contributed by atoms with Gasteiger partial charge < -0.3 is 10.4 Å². The SMILES string of the molecule is CC(C)CNCC(C)C.CCO. The van der Waals surface area contributed by atoms with Crippen LogP contribution in [0.3, 0.4) is 0 Å². The molecule has 0 unspecified atom stereocenters. The van der Waals surface area contributed by atoms with Crippen LogP contribution in [0.25, 0.3) is 0 Å². The highest BCUT2D eigenvalue weighted by Gasteiger charge is 1.94. The van der Waals surface area contributed by atoms with Gasteiger partial charge in [0, 0.05) is 6.61 Å². The Balaban J connectivity index is 0. The molecule has 0 bridgehead atoms. The summed E-state index contributed by atoms with van der Waals surface area (Å²) in [5.41, 5.74) is 0. The van der Waals surface area contributed by atoms with Gasteiger partial charge in [0.15, 0.2) is 0 Å². The number of aliphatic hydroxyl groups excluding tert-OH is 1. The first-order valence-electron chi connectivity index (χ1n) is 4.86. The van der Waals surface area contributed by atoms with E-state index in [1.807, 2.05) is 0 Å². The minimum atomic E-state index is 0.250. The van der Waals surface area contributed by atoms with E-state index in [1.165, 1.54) is 0 Å². The summed E-state index contributed by atoms with van der Waals surface area (Å²) in [7, 11) is 0. The highest BCUT2D eigenvalue weighted by atomic mass is 16.2. The summed E-state index contributed by atoms with van der Waals surface area (Å²) in [6, 6.07) is 0. The van der Waals surface area contributed by atoms with E-state index in [0.717, 1.165) is 24.9 Å². The number of aliphatic hydroxyl groups is 1. The molecule has 2 heteroatoms. The first kappa shape index (κ1) is 14.4. The molecule has 0 saturated heterocycles. The summed E-state index contributed by atoms with van der Waals surface area (Å²) in [6.45, 7) is 13.2. The van der Waals surface area contributed by atoms with Crippen molar-refractivity contribution < 1.29 is 5.11 Å². The molecule has 0 spiro atoms. The third kappa shape index (κ3) is 22.5. The maximum atomic E-state index is 7.57. The zero-order valence-corrected chi connectivity index (χ0v) is 9.22. The lowest BCUT2D eigenvalue weighted by atomic mass is 10.2. The number of hydrogen-bond acceptors (Lipinski definition) is 2. The Kier molecular flexibility index (Phi) is 13.1. The normalized spacial score (nSPS) is 10.0. The topological polar surface area (TPSA) is 32.3 Å². The van der Waals surface area contributed by atoms with Crippen LogP contribution in [0.5, 0.6) is 0 Å². The second kappa shape index (κ2) is 10.9. The second-order valence-corrected chi connectivity index (χ2v) is 3.76. The zero-order chi connectivity index (χ0) is 9.98. The molecule has 12 heavy (non-hydrogen) atoms. The Morgan fingerprint density at radius 3 is 1.42 bits per heavy atom. The average Bonchev–Trinajstić information content (AvgIpc) is 1.87. The van der Waals surface area contributed by atoms with Gasteiger partial charge in [-0.25, -0.2) is 0 Å². The fourth-order valence-corrected chi connectivity index (χ4v) is 0.661. The lowest BCUT2D eigenvalue weighted by molar-refractivity contribution is 0.318. The Hall–Kier alpha value is -0.0800. The summed E-state index contributed by atoms with van der Waals surface area (Å²) in [5, 5.41) is 11.0. The summed E-state index contributed by atoms with van der Waals surface area (Å²) < 4.78 is 0. The van der Waals surface area contributed by atoms with Crippen LogP contribution in [0.2, 0.25) is 0 Å². The van der Waals surface area contributed by atoms with Crippen LogP contribution in [0.4, 0.5) is 0 Å². The summed E-state index contributed by atoms with van der Waals surface area (Å²) in [6.07, 6.45) is 0. The quantitative estimate of drug-likeness (QED) is 0.684. The number of nitrogens with one attached hydrogen (secondary N) is 1. The van der Waals surface area contributed by atoms with Gasteiger partial charge in [-0.15, -0.1) is 0 Å². The lowest BCUT2D eigenvalue weighted by Gasteiger charge is -2.08. The molecule has 0 saturated carbocycles. The van der Waals surface area contributed by atoms with Gasteiger partial charge >= 0.3 is 0 Å². The third-order valence-electron chi connectivity index (χ3n) is 1.11. The van der Waals surface area contributed by atoms with Gasteiger partial charge in [0.05, 0.1) is 0 Å². The van der Waals surface area contributed by atoms with Gasteiger partial charge in [-0.1, -0.05) is 27.7 Å². The fourth-order valence-electron chi connectivity index (χ4n) is 0.661. The second-order valence-electron chi connectivity index (χ2n) is 3.76. The molecule has 2 N–H and O–H groups in total. The zero-order valence-electron chi connectivity index (χ0n) is 9.22. The van der Waals surface area contributed by atoms with Crippen LogP contribution in [0, 0.1) is 11.8 Å².